The van der Waals surface area contributed by atoms with Crippen LogP contribution in [0.2, 0.25) is 0 Å². The zero-order valence-electron chi connectivity index (χ0n) is 17.4. The van der Waals surface area contributed by atoms with Crippen LogP contribution in [0.3, 0.4) is 0 Å². The van der Waals surface area contributed by atoms with Crippen LogP contribution in [0.5, 0.6) is 0 Å². The van der Waals surface area contributed by atoms with E-state index in [0.29, 0.717) is 43.9 Å². The van der Waals surface area contributed by atoms with Crippen LogP contribution in [-0.4, -0.2) is 30.5 Å². The molecule has 2 aliphatic heterocycles. The molecule has 1 amide bonds. The first-order valence-electron chi connectivity index (χ1n) is 10.5. The summed E-state index contributed by atoms with van der Waals surface area (Å²) in [6.45, 7) is 0.779. The Morgan fingerprint density at radius 2 is 1.73 bits per heavy atom. The molecule has 0 aromatic heterocycles. The third kappa shape index (κ3) is 4.49. The third-order valence-electron chi connectivity index (χ3n) is 6.19. The van der Waals surface area contributed by atoms with Crippen molar-refractivity contribution in [1.82, 2.24) is 0 Å². The molecule has 2 aliphatic rings. The van der Waals surface area contributed by atoms with Gasteiger partial charge in [-0.05, 0) is 43.9 Å². The van der Waals surface area contributed by atoms with E-state index in [9.17, 15) is 36.9 Å². The minimum absolute atomic E-state index is 0.0614. The van der Waals surface area contributed by atoms with Gasteiger partial charge in [-0.15, -0.1) is 0 Å². The van der Waals surface area contributed by atoms with Crippen molar-refractivity contribution in [3.8, 4) is 0 Å². The van der Waals surface area contributed by atoms with Crippen molar-refractivity contribution in [3.63, 3.8) is 0 Å². The summed E-state index contributed by atoms with van der Waals surface area (Å²) in [6.07, 6.45) is -3.15. The molecule has 0 radical (unpaired) electrons. The Balaban J connectivity index is 1.51. The van der Waals surface area contributed by atoms with Gasteiger partial charge in [0, 0.05) is 43.2 Å². The first-order chi connectivity index (χ1) is 15.6. The number of anilines is 2. The molecule has 0 saturated carbocycles. The fourth-order valence-corrected chi connectivity index (χ4v) is 4.54. The van der Waals surface area contributed by atoms with Gasteiger partial charge in [0.05, 0.1) is 16.2 Å². The minimum Gasteiger partial charge on any atom is -0.366 e. The largest absolute Gasteiger partial charge is 0.416 e. The maximum Gasteiger partial charge on any atom is 0.416 e. The predicted octanol–water partition coefficient (Wildman–Crippen LogP) is 5.09. The fourth-order valence-electron chi connectivity index (χ4n) is 4.54. The SMILES string of the molecule is O=C(C1CCN(c2ccc(C(F)(F)F)cc2[N+](=O)[O-])CC1)N1CCCc2c(F)cc(F)cc21. The number of nitro benzene ring substituents is 1. The van der Waals surface area contributed by atoms with E-state index >= 15 is 0 Å². The van der Waals surface area contributed by atoms with Gasteiger partial charge in [0.1, 0.15) is 17.3 Å². The molecule has 1 saturated heterocycles. The van der Waals surface area contributed by atoms with Crippen molar-refractivity contribution in [2.75, 3.05) is 29.4 Å². The number of nitrogens with zero attached hydrogens (tertiary/aromatic N) is 3. The molecule has 2 aromatic carbocycles. The number of nitro groups is 1. The summed E-state index contributed by atoms with van der Waals surface area (Å²) in [4.78, 5) is 26.7. The molecule has 0 bridgehead atoms. The van der Waals surface area contributed by atoms with Gasteiger partial charge in [-0.25, -0.2) is 8.78 Å². The number of piperidine rings is 1. The van der Waals surface area contributed by atoms with E-state index in [1.165, 1.54) is 4.90 Å². The Morgan fingerprint density at radius 1 is 1.03 bits per heavy atom. The number of fused-ring (bicyclic) bond motifs is 1. The van der Waals surface area contributed by atoms with Crippen molar-refractivity contribution in [2.24, 2.45) is 5.92 Å². The van der Waals surface area contributed by atoms with Crippen molar-refractivity contribution < 1.29 is 31.7 Å². The molecule has 0 unspecified atom stereocenters. The molecule has 2 aromatic rings. The summed E-state index contributed by atoms with van der Waals surface area (Å²) in [6, 6.07) is 4.33. The summed E-state index contributed by atoms with van der Waals surface area (Å²) in [5, 5.41) is 11.4. The lowest BCUT2D eigenvalue weighted by atomic mass is 9.92. The second-order valence-electron chi connectivity index (χ2n) is 8.20. The van der Waals surface area contributed by atoms with E-state index in [1.807, 2.05) is 0 Å². The molecular weight excluding hydrogens is 449 g/mol. The lowest BCUT2D eigenvalue weighted by Gasteiger charge is -2.37. The first-order valence-corrected chi connectivity index (χ1v) is 10.5. The van der Waals surface area contributed by atoms with Gasteiger partial charge in [-0.1, -0.05) is 0 Å². The van der Waals surface area contributed by atoms with Gasteiger partial charge in [0.25, 0.3) is 5.69 Å². The zero-order valence-corrected chi connectivity index (χ0v) is 17.4. The average molecular weight is 469 g/mol. The molecule has 2 heterocycles. The Morgan fingerprint density at radius 3 is 2.36 bits per heavy atom. The molecule has 176 valence electrons. The van der Waals surface area contributed by atoms with Gasteiger partial charge in [0.15, 0.2) is 0 Å². The first kappa shape index (κ1) is 22.9. The summed E-state index contributed by atoms with van der Waals surface area (Å²) in [7, 11) is 0. The smallest absolute Gasteiger partial charge is 0.366 e. The average Bonchev–Trinajstić information content (AvgIpc) is 2.77. The van der Waals surface area contributed by atoms with Crippen molar-refractivity contribution in [1.29, 1.82) is 0 Å². The molecule has 1 fully saturated rings. The van der Waals surface area contributed by atoms with Crippen LogP contribution < -0.4 is 9.80 Å². The lowest BCUT2D eigenvalue weighted by molar-refractivity contribution is -0.384. The number of rotatable bonds is 3. The number of carbonyl (C=O) groups is 1. The van der Waals surface area contributed by atoms with Crippen LogP contribution in [0.15, 0.2) is 30.3 Å². The highest BCUT2D eigenvalue weighted by atomic mass is 19.4. The second-order valence-corrected chi connectivity index (χ2v) is 8.20. The van der Waals surface area contributed by atoms with Crippen LogP contribution in [0.25, 0.3) is 0 Å². The maximum absolute atomic E-state index is 14.1. The van der Waals surface area contributed by atoms with Crippen molar-refractivity contribution in [3.05, 3.63) is 63.2 Å². The van der Waals surface area contributed by atoms with E-state index in [0.717, 1.165) is 24.3 Å². The minimum atomic E-state index is -4.70. The van der Waals surface area contributed by atoms with E-state index < -0.39 is 39.9 Å². The van der Waals surface area contributed by atoms with Crippen molar-refractivity contribution in [2.45, 2.75) is 31.9 Å². The van der Waals surface area contributed by atoms with Crippen LogP contribution in [0.1, 0.15) is 30.4 Å². The summed E-state index contributed by atoms with van der Waals surface area (Å²) >= 11 is 0. The van der Waals surface area contributed by atoms with Crippen LogP contribution in [0.4, 0.5) is 39.0 Å². The van der Waals surface area contributed by atoms with Gasteiger partial charge < -0.3 is 9.80 Å². The summed E-state index contributed by atoms with van der Waals surface area (Å²) < 4.78 is 66.8. The van der Waals surface area contributed by atoms with E-state index in [-0.39, 0.29) is 30.4 Å². The molecule has 0 atom stereocenters. The fraction of sp³-hybridized carbons (Fsp3) is 0.409. The van der Waals surface area contributed by atoms with Gasteiger partial charge in [-0.3, -0.25) is 14.9 Å². The Hall–Kier alpha value is -3.24. The topological polar surface area (TPSA) is 66.7 Å². The quantitative estimate of drug-likeness (QED) is 0.357. The van der Waals surface area contributed by atoms with Gasteiger partial charge >= 0.3 is 6.18 Å². The maximum atomic E-state index is 14.1. The van der Waals surface area contributed by atoms with Crippen molar-refractivity contribution >= 4 is 23.0 Å². The summed E-state index contributed by atoms with van der Waals surface area (Å²) in [5.41, 5.74) is -1.17. The Bertz CT molecular complexity index is 1100. The number of benzene rings is 2. The van der Waals surface area contributed by atoms with Crippen LogP contribution in [-0.2, 0) is 17.4 Å². The second kappa shape index (κ2) is 8.60. The highest BCUT2D eigenvalue weighted by Crippen LogP contribution is 2.38. The number of alkyl halides is 3. The number of hydrogen-bond donors (Lipinski definition) is 0. The molecule has 0 N–H and O–H groups in total. The predicted molar refractivity (Wildman–Crippen MR) is 110 cm³/mol. The van der Waals surface area contributed by atoms with E-state index in [2.05, 4.69) is 0 Å². The monoisotopic (exact) mass is 469 g/mol. The molecule has 33 heavy (non-hydrogen) atoms. The number of carbonyl (C=O) groups excluding carboxylic acids is 1. The standard InChI is InChI=1S/C22H20F5N3O3/c23-15-11-17(24)16-2-1-7-29(19(16)12-15)21(31)13-5-8-28(9-6-13)18-4-3-14(22(25,26)27)10-20(18)30(32)33/h3-4,10-13H,1-2,5-9H2. The lowest BCUT2D eigenvalue weighted by Crippen LogP contribution is -2.44. The Kier molecular flexibility index (Phi) is 5.98. The number of hydrogen-bond acceptors (Lipinski definition) is 4. The highest BCUT2D eigenvalue weighted by molar-refractivity contribution is 5.96. The third-order valence-corrected chi connectivity index (χ3v) is 6.19. The Labute approximate surface area is 185 Å². The molecule has 6 nitrogen and oxygen atoms in total. The number of halogens is 5. The normalized spacial score (nSPS) is 17.1. The summed E-state index contributed by atoms with van der Waals surface area (Å²) in [5.74, 6) is -2.20. The molecule has 4 rings (SSSR count). The van der Waals surface area contributed by atoms with Gasteiger partial charge in [-0.2, -0.15) is 13.2 Å². The molecule has 0 spiro atoms. The van der Waals surface area contributed by atoms with Crippen LogP contribution in [0, 0.1) is 27.7 Å². The van der Waals surface area contributed by atoms with Crippen LogP contribution >= 0.6 is 0 Å². The van der Waals surface area contributed by atoms with Gasteiger partial charge in [0.2, 0.25) is 5.91 Å². The van der Waals surface area contributed by atoms with E-state index in [1.54, 1.807) is 4.90 Å². The highest BCUT2D eigenvalue weighted by Gasteiger charge is 2.36. The van der Waals surface area contributed by atoms with E-state index in [4.69, 9.17) is 0 Å². The number of amides is 1. The zero-order chi connectivity index (χ0) is 23.9. The molecule has 11 heteroatoms. The molecule has 0 aliphatic carbocycles. The molecular formula is C22H20F5N3O3.